The van der Waals surface area contributed by atoms with Gasteiger partial charge in [0.2, 0.25) is 0 Å². The van der Waals surface area contributed by atoms with Gasteiger partial charge < -0.3 is 9.72 Å². The molecule has 1 saturated heterocycles. The highest BCUT2D eigenvalue weighted by molar-refractivity contribution is 5.83. The van der Waals surface area contributed by atoms with Crippen molar-refractivity contribution in [2.24, 2.45) is 11.8 Å². The number of piperidine rings is 1. The van der Waals surface area contributed by atoms with Gasteiger partial charge in [-0.15, -0.1) is 0 Å². The number of carbonyl (C=O) groups is 1. The molecular formula is C18H24N2O2. The molecule has 0 spiro atoms. The van der Waals surface area contributed by atoms with Gasteiger partial charge in [0.1, 0.15) is 0 Å². The molecular weight excluding hydrogens is 276 g/mol. The third-order valence-corrected chi connectivity index (χ3v) is 5.17. The molecule has 0 amide bonds. The fourth-order valence-electron chi connectivity index (χ4n) is 3.88. The van der Waals surface area contributed by atoms with Crippen LogP contribution in [0.15, 0.2) is 30.5 Å². The largest absolute Gasteiger partial charge is 0.469 e. The Morgan fingerprint density at radius 1 is 1.41 bits per heavy atom. The van der Waals surface area contributed by atoms with E-state index in [9.17, 15) is 4.79 Å². The van der Waals surface area contributed by atoms with E-state index in [1.54, 1.807) is 0 Å². The van der Waals surface area contributed by atoms with Gasteiger partial charge >= 0.3 is 5.97 Å². The number of hydrogen-bond donors (Lipinski definition) is 1. The Bertz CT molecular complexity index is 664. The van der Waals surface area contributed by atoms with E-state index < -0.39 is 0 Å². The highest BCUT2D eigenvalue weighted by Crippen LogP contribution is 2.42. The zero-order valence-corrected chi connectivity index (χ0v) is 13.5. The summed E-state index contributed by atoms with van der Waals surface area (Å²) in [6.07, 6.45) is 3.69. The van der Waals surface area contributed by atoms with Crippen molar-refractivity contribution in [3.63, 3.8) is 0 Å². The van der Waals surface area contributed by atoms with Crippen LogP contribution in [0.2, 0.25) is 0 Å². The molecule has 4 nitrogen and oxygen atoms in total. The average Bonchev–Trinajstić information content (AvgIpc) is 2.94. The molecule has 4 heteroatoms. The zero-order chi connectivity index (χ0) is 15.7. The quantitative estimate of drug-likeness (QED) is 0.884. The van der Waals surface area contributed by atoms with E-state index in [0.29, 0.717) is 24.3 Å². The lowest BCUT2D eigenvalue weighted by atomic mass is 9.76. The van der Waals surface area contributed by atoms with Crippen LogP contribution in [-0.4, -0.2) is 36.6 Å². The van der Waals surface area contributed by atoms with Crippen molar-refractivity contribution < 1.29 is 9.53 Å². The first-order chi connectivity index (χ1) is 10.6. The van der Waals surface area contributed by atoms with Crippen LogP contribution in [-0.2, 0) is 9.53 Å². The minimum Gasteiger partial charge on any atom is -0.469 e. The molecule has 0 unspecified atom stereocenters. The van der Waals surface area contributed by atoms with E-state index in [0.717, 1.165) is 13.0 Å². The first-order valence-electron chi connectivity index (χ1n) is 7.95. The van der Waals surface area contributed by atoms with Crippen molar-refractivity contribution in [1.82, 2.24) is 9.88 Å². The number of esters is 1. The van der Waals surface area contributed by atoms with Crippen LogP contribution in [0.5, 0.6) is 0 Å². The number of methoxy groups -OCH3 is 1. The second-order valence-electron chi connectivity index (χ2n) is 6.40. The summed E-state index contributed by atoms with van der Waals surface area (Å²) in [5.41, 5.74) is 2.51. The average molecular weight is 300 g/mol. The maximum absolute atomic E-state index is 11.7. The molecule has 2 aromatic rings. The molecule has 2 heterocycles. The van der Waals surface area contributed by atoms with E-state index in [1.807, 2.05) is 0 Å². The number of H-pyrrole nitrogens is 1. The Hall–Kier alpha value is -1.81. The molecule has 1 aromatic carbocycles. The molecule has 1 fully saturated rings. The first kappa shape index (κ1) is 15.1. The highest BCUT2D eigenvalue weighted by atomic mass is 16.5. The van der Waals surface area contributed by atoms with Crippen LogP contribution in [0, 0.1) is 11.8 Å². The van der Waals surface area contributed by atoms with Gasteiger partial charge in [-0.05, 0) is 43.5 Å². The van der Waals surface area contributed by atoms with Gasteiger partial charge in [-0.1, -0.05) is 25.1 Å². The van der Waals surface area contributed by atoms with Gasteiger partial charge in [0, 0.05) is 29.6 Å². The molecule has 1 aromatic heterocycles. The molecule has 22 heavy (non-hydrogen) atoms. The Kier molecular flexibility index (Phi) is 4.21. The molecule has 0 saturated carbocycles. The van der Waals surface area contributed by atoms with Gasteiger partial charge in [0.15, 0.2) is 0 Å². The summed E-state index contributed by atoms with van der Waals surface area (Å²) >= 11 is 0. The van der Waals surface area contributed by atoms with Crippen molar-refractivity contribution in [1.29, 1.82) is 0 Å². The number of benzene rings is 1. The van der Waals surface area contributed by atoms with Crippen molar-refractivity contribution in [2.75, 3.05) is 20.7 Å². The minimum absolute atomic E-state index is 0.0981. The number of fused-ring (bicyclic) bond motifs is 1. The van der Waals surface area contributed by atoms with Crippen LogP contribution in [0.3, 0.4) is 0 Å². The SMILES string of the molecule is COC(=O)C[C@H]1CCN(C)[C@H](c2c[nH]c3ccccc23)[C@H]1C. The number of likely N-dealkylation sites (tertiary alicyclic amines) is 1. The molecule has 3 atom stereocenters. The monoisotopic (exact) mass is 300 g/mol. The fourth-order valence-corrected chi connectivity index (χ4v) is 3.88. The number of ether oxygens (including phenoxy) is 1. The maximum Gasteiger partial charge on any atom is 0.305 e. The van der Waals surface area contributed by atoms with Crippen molar-refractivity contribution in [3.8, 4) is 0 Å². The van der Waals surface area contributed by atoms with Crippen molar-refractivity contribution in [3.05, 3.63) is 36.0 Å². The predicted molar refractivity (Wildman–Crippen MR) is 87.6 cm³/mol. The lowest BCUT2D eigenvalue weighted by Crippen LogP contribution is -2.40. The smallest absolute Gasteiger partial charge is 0.305 e. The van der Waals surface area contributed by atoms with E-state index in [2.05, 4.69) is 54.3 Å². The molecule has 0 bridgehead atoms. The van der Waals surface area contributed by atoms with Crippen molar-refractivity contribution in [2.45, 2.75) is 25.8 Å². The normalized spacial score (nSPS) is 26.2. The summed E-state index contributed by atoms with van der Waals surface area (Å²) in [7, 11) is 3.65. The Morgan fingerprint density at radius 3 is 2.95 bits per heavy atom. The predicted octanol–water partition coefficient (Wildman–Crippen LogP) is 3.36. The Balaban J connectivity index is 1.91. The fraction of sp³-hybridized carbons (Fsp3) is 0.500. The van der Waals surface area contributed by atoms with Crippen LogP contribution in [0.4, 0.5) is 0 Å². The number of carbonyl (C=O) groups excluding carboxylic acids is 1. The summed E-state index contributed by atoms with van der Waals surface area (Å²) in [5.74, 6) is 0.693. The van der Waals surface area contributed by atoms with Gasteiger partial charge in [0.05, 0.1) is 7.11 Å². The highest BCUT2D eigenvalue weighted by Gasteiger charge is 2.36. The minimum atomic E-state index is -0.0981. The van der Waals surface area contributed by atoms with E-state index in [1.165, 1.54) is 23.6 Å². The summed E-state index contributed by atoms with van der Waals surface area (Å²) in [5, 5.41) is 1.28. The van der Waals surface area contributed by atoms with E-state index in [4.69, 9.17) is 4.74 Å². The number of rotatable bonds is 3. The van der Waals surface area contributed by atoms with Crippen LogP contribution in [0.25, 0.3) is 10.9 Å². The summed E-state index contributed by atoms with van der Waals surface area (Å²) < 4.78 is 4.87. The molecule has 1 aliphatic heterocycles. The number of nitrogens with zero attached hydrogens (tertiary/aromatic N) is 1. The number of aromatic amines is 1. The first-order valence-corrected chi connectivity index (χ1v) is 7.95. The topological polar surface area (TPSA) is 45.3 Å². The molecule has 0 aliphatic carbocycles. The lowest BCUT2D eigenvalue weighted by molar-refractivity contribution is -0.143. The van der Waals surface area contributed by atoms with E-state index in [-0.39, 0.29) is 5.97 Å². The second kappa shape index (κ2) is 6.13. The Morgan fingerprint density at radius 2 is 2.18 bits per heavy atom. The molecule has 3 rings (SSSR count). The summed E-state index contributed by atoms with van der Waals surface area (Å²) in [6, 6.07) is 8.75. The lowest BCUT2D eigenvalue weighted by Gasteiger charge is -2.42. The van der Waals surface area contributed by atoms with Crippen LogP contribution < -0.4 is 0 Å². The zero-order valence-electron chi connectivity index (χ0n) is 13.5. The molecule has 0 radical (unpaired) electrons. The van der Waals surface area contributed by atoms with Gasteiger partial charge in [-0.3, -0.25) is 9.69 Å². The van der Waals surface area contributed by atoms with Gasteiger partial charge in [-0.2, -0.15) is 0 Å². The molecule has 118 valence electrons. The van der Waals surface area contributed by atoms with E-state index >= 15 is 0 Å². The van der Waals surface area contributed by atoms with Gasteiger partial charge in [-0.25, -0.2) is 0 Å². The van der Waals surface area contributed by atoms with Crippen molar-refractivity contribution >= 4 is 16.9 Å². The number of nitrogens with one attached hydrogen (secondary N) is 1. The standard InChI is InChI=1S/C18H24N2O2/c1-12-13(10-17(21)22-3)8-9-20(2)18(12)15-11-19-16-7-5-4-6-14(15)16/h4-7,11-13,18-19H,8-10H2,1-3H3/t12-,13+,18-/m0/s1. The maximum atomic E-state index is 11.7. The summed E-state index contributed by atoms with van der Waals surface area (Å²) in [6.45, 7) is 3.27. The third-order valence-electron chi connectivity index (χ3n) is 5.17. The third kappa shape index (κ3) is 2.63. The number of para-hydroxylation sites is 1. The number of hydrogen-bond acceptors (Lipinski definition) is 3. The Labute approximate surface area is 131 Å². The van der Waals surface area contributed by atoms with Crippen LogP contribution >= 0.6 is 0 Å². The molecule has 1 N–H and O–H groups in total. The molecule has 1 aliphatic rings. The second-order valence-corrected chi connectivity index (χ2v) is 6.40. The van der Waals surface area contributed by atoms with Gasteiger partial charge in [0.25, 0.3) is 0 Å². The number of aromatic nitrogens is 1. The van der Waals surface area contributed by atoms with Crippen LogP contribution in [0.1, 0.15) is 31.4 Å². The summed E-state index contributed by atoms with van der Waals surface area (Å²) in [4.78, 5) is 17.5.